The first kappa shape index (κ1) is 17.3. The van der Waals surface area contributed by atoms with Crippen LogP contribution >= 0.6 is 23.2 Å². The van der Waals surface area contributed by atoms with Crippen molar-refractivity contribution < 1.29 is 4.79 Å². The maximum atomic E-state index is 12.5. The summed E-state index contributed by atoms with van der Waals surface area (Å²) in [7, 11) is 0. The molecule has 20 heavy (non-hydrogen) atoms. The molecule has 1 aromatic carbocycles. The molecule has 0 unspecified atom stereocenters. The summed E-state index contributed by atoms with van der Waals surface area (Å²) in [5.74, 6) is 0.0321. The van der Waals surface area contributed by atoms with Crippen LogP contribution in [-0.2, 0) is 11.3 Å². The third-order valence-electron chi connectivity index (χ3n) is 3.28. The van der Waals surface area contributed by atoms with Gasteiger partial charge >= 0.3 is 0 Å². The molecule has 0 bridgehead atoms. The van der Waals surface area contributed by atoms with Crippen LogP contribution in [0.3, 0.4) is 0 Å². The molecule has 0 fully saturated rings. The number of nitrogens with two attached hydrogens (primary N) is 1. The molecule has 0 radical (unpaired) electrons. The molecule has 112 valence electrons. The standard InChI is InChI=1S/C15H22Cl2N2O/c1-9(2)14(18)15(20)19(10(3)4)8-11-6-5-7-12(16)13(11)17/h5-7,9-10,14H,8,18H2,1-4H3/t14-/m0/s1. The maximum absolute atomic E-state index is 12.5. The van der Waals surface area contributed by atoms with Crippen molar-refractivity contribution in [3.63, 3.8) is 0 Å². The monoisotopic (exact) mass is 316 g/mol. The molecule has 0 aromatic heterocycles. The molecule has 0 spiro atoms. The number of carbonyl (C=O) groups excluding carboxylic acids is 1. The topological polar surface area (TPSA) is 46.3 Å². The van der Waals surface area contributed by atoms with E-state index < -0.39 is 6.04 Å². The second kappa shape index (κ2) is 7.30. The lowest BCUT2D eigenvalue weighted by molar-refractivity contribution is -0.136. The largest absolute Gasteiger partial charge is 0.335 e. The van der Waals surface area contributed by atoms with Gasteiger partial charge in [-0.2, -0.15) is 0 Å². The van der Waals surface area contributed by atoms with Crippen LogP contribution in [0.25, 0.3) is 0 Å². The Bertz CT molecular complexity index is 475. The van der Waals surface area contributed by atoms with E-state index in [1.807, 2.05) is 39.8 Å². The Kier molecular flexibility index (Phi) is 6.31. The van der Waals surface area contributed by atoms with E-state index in [-0.39, 0.29) is 17.9 Å². The van der Waals surface area contributed by atoms with E-state index in [2.05, 4.69) is 0 Å². The average Bonchev–Trinajstić information content (AvgIpc) is 2.38. The molecule has 1 rings (SSSR count). The molecule has 0 saturated heterocycles. The van der Waals surface area contributed by atoms with E-state index in [1.165, 1.54) is 0 Å². The number of benzene rings is 1. The molecule has 2 N–H and O–H groups in total. The fourth-order valence-electron chi connectivity index (χ4n) is 1.85. The van der Waals surface area contributed by atoms with E-state index in [0.717, 1.165) is 5.56 Å². The van der Waals surface area contributed by atoms with Crippen LogP contribution in [0, 0.1) is 5.92 Å². The molecule has 1 aromatic rings. The van der Waals surface area contributed by atoms with Crippen molar-refractivity contribution in [2.75, 3.05) is 0 Å². The predicted octanol–water partition coefficient (Wildman–Crippen LogP) is 3.71. The Labute approximate surface area is 131 Å². The Morgan fingerprint density at radius 1 is 1.25 bits per heavy atom. The van der Waals surface area contributed by atoms with Gasteiger partial charge in [0.15, 0.2) is 0 Å². The quantitative estimate of drug-likeness (QED) is 0.900. The molecular weight excluding hydrogens is 295 g/mol. The first-order valence-corrected chi connectivity index (χ1v) is 7.50. The number of hydrogen-bond acceptors (Lipinski definition) is 2. The molecule has 0 aliphatic carbocycles. The SMILES string of the molecule is CC(C)[C@H](N)C(=O)N(Cc1cccc(Cl)c1Cl)C(C)C. The zero-order valence-corrected chi connectivity index (χ0v) is 13.9. The van der Waals surface area contributed by atoms with Gasteiger partial charge in [-0.15, -0.1) is 0 Å². The summed E-state index contributed by atoms with van der Waals surface area (Å²) in [5.41, 5.74) is 6.80. The minimum atomic E-state index is -0.504. The lowest BCUT2D eigenvalue weighted by atomic mass is 10.0. The van der Waals surface area contributed by atoms with Gasteiger partial charge in [0, 0.05) is 12.6 Å². The third-order valence-corrected chi connectivity index (χ3v) is 4.14. The van der Waals surface area contributed by atoms with E-state index in [0.29, 0.717) is 16.6 Å². The molecule has 5 heteroatoms. The van der Waals surface area contributed by atoms with Crippen LogP contribution in [0.5, 0.6) is 0 Å². The van der Waals surface area contributed by atoms with Crippen molar-refractivity contribution in [3.8, 4) is 0 Å². The first-order chi connectivity index (χ1) is 9.25. The van der Waals surface area contributed by atoms with Crippen LogP contribution in [-0.4, -0.2) is 22.9 Å². The lowest BCUT2D eigenvalue weighted by Crippen LogP contribution is -2.48. The van der Waals surface area contributed by atoms with Crippen molar-refractivity contribution in [2.24, 2.45) is 11.7 Å². The van der Waals surface area contributed by atoms with E-state index in [4.69, 9.17) is 28.9 Å². The highest BCUT2D eigenvalue weighted by Gasteiger charge is 2.26. The minimum absolute atomic E-state index is 0.0438. The van der Waals surface area contributed by atoms with Crippen LogP contribution < -0.4 is 5.73 Å². The molecule has 0 saturated carbocycles. The summed E-state index contributed by atoms with van der Waals surface area (Å²) in [6, 6.07) is 4.97. The Hall–Kier alpha value is -0.770. The van der Waals surface area contributed by atoms with Gasteiger partial charge in [0.05, 0.1) is 16.1 Å². The van der Waals surface area contributed by atoms with Gasteiger partial charge in [-0.05, 0) is 31.4 Å². The van der Waals surface area contributed by atoms with E-state index in [1.54, 1.807) is 11.0 Å². The van der Waals surface area contributed by atoms with Crippen molar-refractivity contribution in [2.45, 2.75) is 46.3 Å². The fourth-order valence-corrected chi connectivity index (χ4v) is 2.23. The van der Waals surface area contributed by atoms with Crippen molar-refractivity contribution in [3.05, 3.63) is 33.8 Å². The van der Waals surface area contributed by atoms with Gasteiger partial charge in [0.2, 0.25) is 5.91 Å². The number of carbonyl (C=O) groups is 1. The molecule has 1 amide bonds. The number of nitrogens with zero attached hydrogens (tertiary/aromatic N) is 1. The lowest BCUT2D eigenvalue weighted by Gasteiger charge is -2.31. The van der Waals surface area contributed by atoms with Crippen LogP contribution in [0.2, 0.25) is 10.0 Å². The molecular formula is C15H22Cl2N2O. The maximum Gasteiger partial charge on any atom is 0.240 e. The predicted molar refractivity (Wildman–Crippen MR) is 85.0 cm³/mol. The Morgan fingerprint density at radius 3 is 2.35 bits per heavy atom. The summed E-state index contributed by atoms with van der Waals surface area (Å²) in [5, 5.41) is 0.985. The average molecular weight is 317 g/mol. The number of rotatable bonds is 5. The second-order valence-electron chi connectivity index (χ2n) is 5.54. The van der Waals surface area contributed by atoms with Gasteiger partial charge in [0.1, 0.15) is 0 Å². The van der Waals surface area contributed by atoms with Crippen LogP contribution in [0.15, 0.2) is 18.2 Å². The third kappa shape index (κ3) is 4.11. The van der Waals surface area contributed by atoms with Gasteiger partial charge < -0.3 is 10.6 Å². The smallest absolute Gasteiger partial charge is 0.240 e. The highest BCUT2D eigenvalue weighted by atomic mass is 35.5. The summed E-state index contributed by atoms with van der Waals surface area (Å²) >= 11 is 12.2. The van der Waals surface area contributed by atoms with E-state index >= 15 is 0 Å². The van der Waals surface area contributed by atoms with Gasteiger partial charge in [-0.3, -0.25) is 4.79 Å². The van der Waals surface area contributed by atoms with Crippen LogP contribution in [0.1, 0.15) is 33.3 Å². The van der Waals surface area contributed by atoms with Gasteiger partial charge in [-0.1, -0.05) is 49.2 Å². The van der Waals surface area contributed by atoms with Crippen molar-refractivity contribution in [1.82, 2.24) is 4.90 Å². The highest BCUT2D eigenvalue weighted by molar-refractivity contribution is 6.42. The Balaban J connectivity index is 2.99. The number of hydrogen-bond donors (Lipinski definition) is 1. The van der Waals surface area contributed by atoms with Crippen molar-refractivity contribution >= 4 is 29.1 Å². The molecule has 0 heterocycles. The molecule has 1 atom stereocenters. The minimum Gasteiger partial charge on any atom is -0.335 e. The number of halogens is 2. The summed E-state index contributed by atoms with van der Waals surface area (Å²) in [4.78, 5) is 14.2. The zero-order chi connectivity index (χ0) is 15.4. The van der Waals surface area contributed by atoms with Gasteiger partial charge in [0.25, 0.3) is 0 Å². The molecule has 0 aliphatic rings. The summed E-state index contributed by atoms with van der Waals surface area (Å²) < 4.78 is 0. The fraction of sp³-hybridized carbons (Fsp3) is 0.533. The van der Waals surface area contributed by atoms with Crippen molar-refractivity contribution in [1.29, 1.82) is 0 Å². The van der Waals surface area contributed by atoms with E-state index in [9.17, 15) is 4.79 Å². The second-order valence-corrected chi connectivity index (χ2v) is 6.33. The zero-order valence-electron chi connectivity index (χ0n) is 12.4. The van der Waals surface area contributed by atoms with Gasteiger partial charge in [-0.25, -0.2) is 0 Å². The normalized spacial score (nSPS) is 12.8. The molecule has 0 aliphatic heterocycles. The molecule has 3 nitrogen and oxygen atoms in total. The van der Waals surface area contributed by atoms with Crippen LogP contribution in [0.4, 0.5) is 0 Å². The first-order valence-electron chi connectivity index (χ1n) is 6.74. The summed E-state index contributed by atoms with van der Waals surface area (Å²) in [6.45, 7) is 8.21. The summed E-state index contributed by atoms with van der Waals surface area (Å²) in [6.07, 6.45) is 0. The Morgan fingerprint density at radius 2 is 1.85 bits per heavy atom. The number of amides is 1. The highest BCUT2D eigenvalue weighted by Crippen LogP contribution is 2.27.